The minimum absolute atomic E-state index is 0.327. The van der Waals surface area contributed by atoms with Gasteiger partial charge in [0.25, 0.3) is 0 Å². The molecule has 0 atom stereocenters. The molecule has 0 aliphatic heterocycles. The van der Waals surface area contributed by atoms with Crippen LogP contribution in [0, 0.1) is 5.82 Å². The third-order valence-electron chi connectivity index (χ3n) is 2.61. The second-order valence-corrected chi connectivity index (χ2v) is 5.65. The summed E-state index contributed by atoms with van der Waals surface area (Å²) in [5.41, 5.74) is -0.327. The van der Waals surface area contributed by atoms with E-state index in [-0.39, 0.29) is 5.56 Å². The molecule has 2 aromatic carbocycles. The molecular formula is C15H12ClFO3S. The number of carboxylic acids is 1. The van der Waals surface area contributed by atoms with E-state index in [9.17, 15) is 9.18 Å². The summed E-state index contributed by atoms with van der Waals surface area (Å²) in [5.74, 6) is -0.817. The van der Waals surface area contributed by atoms with Crippen molar-refractivity contribution < 1.29 is 19.0 Å². The van der Waals surface area contributed by atoms with Gasteiger partial charge in [-0.05, 0) is 30.3 Å². The van der Waals surface area contributed by atoms with Gasteiger partial charge in [-0.15, -0.1) is 11.8 Å². The number of hydrogen-bond acceptors (Lipinski definition) is 3. The van der Waals surface area contributed by atoms with Gasteiger partial charge in [0.15, 0.2) is 0 Å². The molecule has 21 heavy (non-hydrogen) atoms. The molecule has 3 nitrogen and oxygen atoms in total. The number of halogens is 2. The molecule has 0 fully saturated rings. The molecule has 0 aromatic heterocycles. The lowest BCUT2D eigenvalue weighted by Crippen LogP contribution is -2.02. The molecule has 0 radical (unpaired) electrons. The zero-order chi connectivity index (χ0) is 15.2. The van der Waals surface area contributed by atoms with Gasteiger partial charge in [0.2, 0.25) is 0 Å². The van der Waals surface area contributed by atoms with Gasteiger partial charge in [-0.2, -0.15) is 0 Å². The molecule has 1 N–H and O–H groups in total. The van der Waals surface area contributed by atoms with Crippen LogP contribution in [0.15, 0.2) is 47.4 Å². The van der Waals surface area contributed by atoms with Crippen LogP contribution in [-0.4, -0.2) is 23.4 Å². The van der Waals surface area contributed by atoms with Crippen molar-refractivity contribution in [2.24, 2.45) is 0 Å². The first-order valence-corrected chi connectivity index (χ1v) is 7.47. The summed E-state index contributed by atoms with van der Waals surface area (Å²) >= 11 is 7.34. The first-order chi connectivity index (χ1) is 10.1. The summed E-state index contributed by atoms with van der Waals surface area (Å²) < 4.78 is 18.8. The third-order valence-corrected chi connectivity index (χ3v) is 3.88. The Labute approximate surface area is 130 Å². The van der Waals surface area contributed by atoms with Gasteiger partial charge in [-0.25, -0.2) is 9.18 Å². The third kappa shape index (κ3) is 4.37. The Morgan fingerprint density at radius 3 is 2.76 bits per heavy atom. The summed E-state index contributed by atoms with van der Waals surface area (Å²) in [6.07, 6.45) is 0. The fourth-order valence-corrected chi connectivity index (χ4v) is 2.59. The molecule has 110 valence electrons. The lowest BCUT2D eigenvalue weighted by molar-refractivity contribution is 0.0691. The van der Waals surface area contributed by atoms with Crippen LogP contribution >= 0.6 is 23.4 Å². The number of ether oxygens (including phenoxy) is 1. The molecule has 0 unspecified atom stereocenters. The van der Waals surface area contributed by atoms with E-state index >= 15 is 0 Å². The van der Waals surface area contributed by atoms with Crippen LogP contribution in [0.5, 0.6) is 5.75 Å². The van der Waals surface area contributed by atoms with Crippen LogP contribution in [0.4, 0.5) is 4.39 Å². The van der Waals surface area contributed by atoms with E-state index in [1.165, 1.54) is 17.8 Å². The first kappa shape index (κ1) is 15.7. The predicted molar refractivity (Wildman–Crippen MR) is 81.0 cm³/mol. The van der Waals surface area contributed by atoms with Crippen LogP contribution in [-0.2, 0) is 0 Å². The summed E-state index contributed by atoms with van der Waals surface area (Å²) in [4.78, 5) is 11.5. The molecule has 0 amide bonds. The summed E-state index contributed by atoms with van der Waals surface area (Å²) in [7, 11) is 0. The Bertz CT molecular complexity index is 649. The highest BCUT2D eigenvalue weighted by Crippen LogP contribution is 2.25. The molecule has 0 aliphatic carbocycles. The van der Waals surface area contributed by atoms with Crippen LogP contribution in [0.25, 0.3) is 0 Å². The fraction of sp³-hybridized carbons (Fsp3) is 0.133. The minimum atomic E-state index is -1.28. The number of aromatic carboxylic acids is 1. The van der Waals surface area contributed by atoms with Crippen LogP contribution < -0.4 is 4.74 Å². The molecule has 2 aromatic rings. The van der Waals surface area contributed by atoms with Crippen molar-refractivity contribution >= 4 is 29.3 Å². The van der Waals surface area contributed by atoms with Crippen LogP contribution in [0.2, 0.25) is 5.02 Å². The zero-order valence-electron chi connectivity index (χ0n) is 10.9. The Balaban J connectivity index is 1.88. The Morgan fingerprint density at radius 1 is 1.29 bits per heavy atom. The summed E-state index contributed by atoms with van der Waals surface area (Å²) in [6.45, 7) is 0.411. The zero-order valence-corrected chi connectivity index (χ0v) is 12.5. The second kappa shape index (κ2) is 7.33. The van der Waals surface area contributed by atoms with E-state index in [1.807, 2.05) is 12.1 Å². The van der Waals surface area contributed by atoms with Crippen molar-refractivity contribution in [1.29, 1.82) is 0 Å². The second-order valence-electron chi connectivity index (χ2n) is 4.07. The molecule has 0 aliphatic rings. The Kier molecular flexibility index (Phi) is 5.47. The Hall–Kier alpha value is -1.72. The van der Waals surface area contributed by atoms with Gasteiger partial charge in [0.1, 0.15) is 11.6 Å². The molecule has 6 heteroatoms. The lowest BCUT2D eigenvalue weighted by atomic mass is 10.2. The minimum Gasteiger partial charge on any atom is -0.491 e. The van der Waals surface area contributed by atoms with Gasteiger partial charge < -0.3 is 9.84 Å². The topological polar surface area (TPSA) is 46.5 Å². The maximum atomic E-state index is 13.2. The lowest BCUT2D eigenvalue weighted by Gasteiger charge is -2.08. The quantitative estimate of drug-likeness (QED) is 0.633. The number of carbonyl (C=O) groups is 1. The summed E-state index contributed by atoms with van der Waals surface area (Å²) in [6, 6.07) is 11.2. The number of hydrogen-bond donors (Lipinski definition) is 1. The molecule has 2 rings (SSSR count). The van der Waals surface area contributed by atoms with Gasteiger partial charge in [0, 0.05) is 10.6 Å². The van der Waals surface area contributed by atoms with Gasteiger partial charge >= 0.3 is 5.97 Å². The Morgan fingerprint density at radius 2 is 2.05 bits per heavy atom. The molecule has 0 spiro atoms. The SMILES string of the molecule is O=C(O)c1cc(SCCOc2ccccc2Cl)ccc1F. The number of carboxylic acid groups (broad SMARTS) is 1. The molecular weight excluding hydrogens is 315 g/mol. The highest BCUT2D eigenvalue weighted by atomic mass is 35.5. The first-order valence-electron chi connectivity index (χ1n) is 6.11. The average molecular weight is 327 g/mol. The smallest absolute Gasteiger partial charge is 0.338 e. The number of para-hydroxylation sites is 1. The van der Waals surface area contributed by atoms with Gasteiger partial charge in [-0.3, -0.25) is 0 Å². The normalized spacial score (nSPS) is 10.4. The number of rotatable bonds is 6. The predicted octanol–water partition coefficient (Wildman–Crippen LogP) is 4.35. The highest BCUT2D eigenvalue weighted by Gasteiger charge is 2.10. The molecule has 0 heterocycles. The van der Waals surface area contributed by atoms with Gasteiger partial charge in [0.05, 0.1) is 17.2 Å². The summed E-state index contributed by atoms with van der Waals surface area (Å²) in [5, 5.41) is 9.39. The highest BCUT2D eigenvalue weighted by molar-refractivity contribution is 7.99. The van der Waals surface area contributed by atoms with E-state index in [0.717, 1.165) is 6.07 Å². The largest absolute Gasteiger partial charge is 0.491 e. The standard InChI is InChI=1S/C15H12ClFO3S/c16-12-3-1-2-4-14(12)20-7-8-21-10-5-6-13(17)11(9-10)15(18)19/h1-6,9H,7-8H2,(H,18,19). The van der Waals surface area contributed by atoms with Crippen molar-refractivity contribution in [3.05, 3.63) is 58.9 Å². The maximum Gasteiger partial charge on any atom is 0.338 e. The van der Waals surface area contributed by atoms with E-state index in [0.29, 0.717) is 28.0 Å². The maximum absolute atomic E-state index is 13.2. The molecule has 0 saturated carbocycles. The van der Waals surface area contributed by atoms with Crippen molar-refractivity contribution in [2.75, 3.05) is 12.4 Å². The van der Waals surface area contributed by atoms with Crippen LogP contribution in [0.1, 0.15) is 10.4 Å². The average Bonchev–Trinajstić information content (AvgIpc) is 2.46. The van der Waals surface area contributed by atoms with Crippen molar-refractivity contribution in [2.45, 2.75) is 4.90 Å². The molecule has 0 bridgehead atoms. The van der Waals surface area contributed by atoms with Gasteiger partial charge in [-0.1, -0.05) is 23.7 Å². The van der Waals surface area contributed by atoms with Crippen molar-refractivity contribution in [3.8, 4) is 5.75 Å². The van der Waals surface area contributed by atoms with Crippen molar-refractivity contribution in [3.63, 3.8) is 0 Å². The number of thioether (sulfide) groups is 1. The van der Waals surface area contributed by atoms with E-state index in [2.05, 4.69) is 0 Å². The van der Waals surface area contributed by atoms with E-state index in [4.69, 9.17) is 21.4 Å². The van der Waals surface area contributed by atoms with E-state index < -0.39 is 11.8 Å². The molecule has 0 saturated heterocycles. The van der Waals surface area contributed by atoms with E-state index in [1.54, 1.807) is 18.2 Å². The monoisotopic (exact) mass is 326 g/mol. The fourth-order valence-electron chi connectivity index (χ4n) is 1.63. The number of benzene rings is 2. The van der Waals surface area contributed by atoms with Crippen molar-refractivity contribution in [1.82, 2.24) is 0 Å². The van der Waals surface area contributed by atoms with Crippen LogP contribution in [0.3, 0.4) is 0 Å².